The molecule has 0 saturated carbocycles. The summed E-state index contributed by atoms with van der Waals surface area (Å²) >= 11 is 0. The maximum Gasteiger partial charge on any atom is 0.244 e. The van der Waals surface area contributed by atoms with Crippen molar-refractivity contribution in [2.75, 3.05) is 0 Å². The zero-order valence-corrected chi connectivity index (χ0v) is 15.8. The molecule has 0 aliphatic carbocycles. The van der Waals surface area contributed by atoms with Gasteiger partial charge in [-0.15, -0.1) is 5.10 Å². The minimum Gasteiger partial charge on any atom is -0.437 e. The summed E-state index contributed by atoms with van der Waals surface area (Å²) in [5.74, 6) is 1.88. The Morgan fingerprint density at radius 1 is 1.00 bits per heavy atom. The molecule has 0 amide bonds. The number of aryl methyl sites for hydroxylation is 1. The lowest BCUT2D eigenvalue weighted by Crippen LogP contribution is -2.03. The van der Waals surface area contributed by atoms with Crippen LogP contribution >= 0.6 is 0 Å². The van der Waals surface area contributed by atoms with E-state index in [2.05, 4.69) is 6.07 Å². The average molecular weight is 383 g/mol. The van der Waals surface area contributed by atoms with Gasteiger partial charge in [0, 0.05) is 12.6 Å². The van der Waals surface area contributed by atoms with Gasteiger partial charge in [-0.3, -0.25) is 0 Å². The number of fused-ring (bicyclic) bond motifs is 2. The molecule has 4 aromatic rings. The summed E-state index contributed by atoms with van der Waals surface area (Å²) in [6, 6.07) is 22.2. The Labute approximate surface area is 167 Å². The number of nitrogens with zero attached hydrogens (tertiary/aromatic N) is 3. The maximum atomic E-state index is 13.2. The average Bonchev–Trinajstić information content (AvgIpc) is 3.10. The Morgan fingerprint density at radius 2 is 1.79 bits per heavy atom. The predicted octanol–water partition coefficient (Wildman–Crippen LogP) is 5.77. The van der Waals surface area contributed by atoms with E-state index in [1.54, 1.807) is 23.0 Å². The van der Waals surface area contributed by atoms with Crippen LogP contribution in [0.3, 0.4) is 0 Å². The maximum absolute atomic E-state index is 13.2. The Hall–Kier alpha value is -3.73. The van der Waals surface area contributed by atoms with Crippen LogP contribution < -0.4 is 4.74 Å². The molecule has 0 atom stereocenters. The molecule has 0 saturated heterocycles. The molecule has 1 aromatic heterocycles. The summed E-state index contributed by atoms with van der Waals surface area (Å²) in [6.45, 7) is 2.03. The van der Waals surface area contributed by atoms with Gasteiger partial charge in [0.05, 0.1) is 11.3 Å². The van der Waals surface area contributed by atoms with Crippen LogP contribution in [0.25, 0.3) is 5.69 Å². The first-order valence-electron chi connectivity index (χ1n) is 9.42. The molecule has 0 unspecified atom stereocenters. The van der Waals surface area contributed by atoms with E-state index in [0.29, 0.717) is 18.1 Å². The van der Waals surface area contributed by atoms with E-state index < -0.39 is 0 Å². The van der Waals surface area contributed by atoms with Crippen molar-refractivity contribution < 1.29 is 9.13 Å². The van der Waals surface area contributed by atoms with Crippen LogP contribution in [0.2, 0.25) is 0 Å². The van der Waals surface area contributed by atoms with Gasteiger partial charge in [0.15, 0.2) is 5.82 Å². The van der Waals surface area contributed by atoms with E-state index in [-0.39, 0.29) is 5.82 Å². The molecule has 142 valence electrons. The third-order valence-corrected chi connectivity index (χ3v) is 4.99. The number of rotatable bonds is 3. The zero-order chi connectivity index (χ0) is 19.8. The van der Waals surface area contributed by atoms with E-state index in [1.807, 2.05) is 49.4 Å². The molecular weight excluding hydrogens is 365 g/mol. The molecule has 0 bridgehead atoms. The van der Waals surface area contributed by atoms with Crippen molar-refractivity contribution in [3.8, 4) is 17.3 Å². The number of para-hydroxylation sites is 2. The number of hydrogen-bond donors (Lipinski definition) is 0. The van der Waals surface area contributed by atoms with Crippen LogP contribution in [-0.2, 0) is 6.42 Å². The van der Waals surface area contributed by atoms with E-state index in [1.165, 1.54) is 12.1 Å². The fourth-order valence-corrected chi connectivity index (χ4v) is 3.51. The summed E-state index contributed by atoms with van der Waals surface area (Å²) in [4.78, 5) is 4.72. The van der Waals surface area contributed by atoms with Crippen LogP contribution in [0, 0.1) is 12.7 Å². The number of halogens is 1. The molecule has 0 fully saturated rings. The van der Waals surface area contributed by atoms with Crippen molar-refractivity contribution in [3.05, 3.63) is 101 Å². The van der Waals surface area contributed by atoms with Gasteiger partial charge >= 0.3 is 0 Å². The number of hydrogen-bond acceptors (Lipinski definition) is 3. The predicted molar refractivity (Wildman–Crippen MR) is 111 cm³/mol. The van der Waals surface area contributed by atoms with Gasteiger partial charge in [-0.25, -0.2) is 14.1 Å². The molecular formula is C24H18FN3O. The number of benzene rings is 3. The van der Waals surface area contributed by atoms with Gasteiger partial charge in [-0.1, -0.05) is 48.5 Å². The van der Waals surface area contributed by atoms with Gasteiger partial charge in [-0.2, -0.15) is 0 Å². The molecule has 5 heteroatoms. The lowest BCUT2D eigenvalue weighted by molar-refractivity contribution is 0.435. The molecule has 0 radical (unpaired) electrons. The molecule has 1 aliphatic heterocycles. The SMILES string of the molecule is Cc1cccc2c1Oc1nn(-c3ccccc3)c(N=Cc3ccc(F)cc3)c1C2. The third-order valence-electron chi connectivity index (χ3n) is 4.99. The molecule has 29 heavy (non-hydrogen) atoms. The fraction of sp³-hybridized carbons (Fsp3) is 0.0833. The molecule has 5 rings (SSSR count). The zero-order valence-electron chi connectivity index (χ0n) is 15.8. The van der Waals surface area contributed by atoms with Crippen molar-refractivity contribution in [2.45, 2.75) is 13.3 Å². The molecule has 0 spiro atoms. The fourth-order valence-electron chi connectivity index (χ4n) is 3.51. The van der Waals surface area contributed by atoms with Gasteiger partial charge in [-0.05, 0) is 47.9 Å². The van der Waals surface area contributed by atoms with Crippen molar-refractivity contribution in [3.63, 3.8) is 0 Å². The van der Waals surface area contributed by atoms with E-state index >= 15 is 0 Å². The van der Waals surface area contributed by atoms with Crippen LogP contribution in [0.5, 0.6) is 11.6 Å². The Morgan fingerprint density at radius 3 is 2.59 bits per heavy atom. The van der Waals surface area contributed by atoms with Gasteiger partial charge < -0.3 is 4.74 Å². The molecule has 3 aromatic carbocycles. The quantitative estimate of drug-likeness (QED) is 0.371. The first kappa shape index (κ1) is 17.4. The van der Waals surface area contributed by atoms with Crippen molar-refractivity contribution in [1.29, 1.82) is 0 Å². The van der Waals surface area contributed by atoms with Crippen LogP contribution in [0.1, 0.15) is 22.3 Å². The second kappa shape index (κ2) is 7.02. The Balaban J connectivity index is 1.63. The highest BCUT2D eigenvalue weighted by molar-refractivity contribution is 5.82. The second-order valence-corrected chi connectivity index (χ2v) is 7.01. The van der Waals surface area contributed by atoms with Gasteiger partial charge in [0.1, 0.15) is 11.6 Å². The highest BCUT2D eigenvalue weighted by Gasteiger charge is 2.27. The van der Waals surface area contributed by atoms with Crippen LogP contribution in [-0.4, -0.2) is 16.0 Å². The number of aromatic nitrogens is 2. The van der Waals surface area contributed by atoms with E-state index in [0.717, 1.165) is 33.7 Å². The molecule has 4 nitrogen and oxygen atoms in total. The molecule has 1 aliphatic rings. The number of ether oxygens (including phenoxy) is 1. The lowest BCUT2D eigenvalue weighted by atomic mass is 10.0. The van der Waals surface area contributed by atoms with E-state index in [9.17, 15) is 4.39 Å². The van der Waals surface area contributed by atoms with Crippen molar-refractivity contribution >= 4 is 12.0 Å². The van der Waals surface area contributed by atoms with Gasteiger partial charge in [0.2, 0.25) is 5.88 Å². The minimum absolute atomic E-state index is 0.269. The van der Waals surface area contributed by atoms with Crippen LogP contribution in [0.4, 0.5) is 10.2 Å². The highest BCUT2D eigenvalue weighted by Crippen LogP contribution is 2.42. The van der Waals surface area contributed by atoms with Crippen molar-refractivity contribution in [2.24, 2.45) is 4.99 Å². The summed E-state index contributed by atoms with van der Waals surface area (Å²) in [7, 11) is 0. The first-order chi connectivity index (χ1) is 14.2. The normalized spacial score (nSPS) is 12.5. The summed E-state index contributed by atoms with van der Waals surface area (Å²) in [5, 5.41) is 4.71. The number of aliphatic imine (C=N–C) groups is 1. The monoisotopic (exact) mass is 383 g/mol. The van der Waals surface area contributed by atoms with Crippen LogP contribution in [0.15, 0.2) is 77.8 Å². The van der Waals surface area contributed by atoms with E-state index in [4.69, 9.17) is 14.8 Å². The Bertz CT molecular complexity index is 1210. The van der Waals surface area contributed by atoms with Crippen molar-refractivity contribution in [1.82, 2.24) is 9.78 Å². The standard InChI is InChI=1S/C24H18FN3O/c1-16-6-5-7-18-14-21-23(26-15-17-10-12-19(25)13-11-17)28(20-8-3-2-4-9-20)27-24(21)29-22(16)18/h2-13,15H,14H2,1H3. The Kier molecular flexibility index (Phi) is 4.21. The molecule has 0 N–H and O–H groups in total. The second-order valence-electron chi connectivity index (χ2n) is 7.01. The first-order valence-corrected chi connectivity index (χ1v) is 9.42. The summed E-state index contributed by atoms with van der Waals surface area (Å²) in [6.07, 6.45) is 2.41. The lowest BCUT2D eigenvalue weighted by Gasteiger charge is -2.17. The summed E-state index contributed by atoms with van der Waals surface area (Å²) < 4.78 is 21.2. The van der Waals surface area contributed by atoms with Gasteiger partial charge in [0.25, 0.3) is 0 Å². The smallest absolute Gasteiger partial charge is 0.244 e. The summed E-state index contributed by atoms with van der Waals surface area (Å²) in [5.41, 5.74) is 4.85. The largest absolute Gasteiger partial charge is 0.437 e. The highest BCUT2D eigenvalue weighted by atomic mass is 19.1. The minimum atomic E-state index is -0.269. The third kappa shape index (κ3) is 3.21. The topological polar surface area (TPSA) is 39.4 Å². The molecule has 2 heterocycles.